The number of hydrogen-bond acceptors (Lipinski definition) is 5. The summed E-state index contributed by atoms with van der Waals surface area (Å²) in [5.41, 5.74) is 0.231. The van der Waals surface area contributed by atoms with E-state index >= 15 is 0 Å². The first-order valence-electron chi connectivity index (χ1n) is 8.76. The van der Waals surface area contributed by atoms with Crippen molar-refractivity contribution in [2.45, 2.75) is 31.0 Å². The summed E-state index contributed by atoms with van der Waals surface area (Å²) in [6.07, 6.45) is 5.65. The minimum absolute atomic E-state index is 0.0196. The van der Waals surface area contributed by atoms with Crippen LogP contribution in [0.15, 0.2) is 42.7 Å². The van der Waals surface area contributed by atoms with Crippen LogP contribution in [0.1, 0.15) is 29.6 Å². The van der Waals surface area contributed by atoms with E-state index in [0.29, 0.717) is 23.7 Å². The van der Waals surface area contributed by atoms with Crippen molar-refractivity contribution in [3.05, 3.63) is 53.3 Å². The highest BCUT2D eigenvalue weighted by Crippen LogP contribution is 2.36. The number of hydrogen-bond donors (Lipinski definition) is 0. The fourth-order valence-corrected chi connectivity index (χ4v) is 3.87. The summed E-state index contributed by atoms with van der Waals surface area (Å²) >= 11 is 5.92. The molecule has 1 aromatic heterocycles. The lowest BCUT2D eigenvalue weighted by molar-refractivity contribution is -0.0453. The van der Waals surface area contributed by atoms with Crippen LogP contribution < -0.4 is 4.74 Å². The Balaban J connectivity index is 1.41. The lowest BCUT2D eigenvalue weighted by Gasteiger charge is -2.39. The van der Waals surface area contributed by atoms with Crippen molar-refractivity contribution in [1.29, 1.82) is 0 Å². The van der Waals surface area contributed by atoms with Crippen LogP contribution in [0, 0.1) is 0 Å². The average molecular weight is 374 g/mol. The van der Waals surface area contributed by atoms with E-state index in [1.807, 2.05) is 29.2 Å². The highest BCUT2D eigenvalue weighted by atomic mass is 35.5. The van der Waals surface area contributed by atoms with E-state index in [9.17, 15) is 4.79 Å². The van der Waals surface area contributed by atoms with Crippen molar-refractivity contribution >= 4 is 17.5 Å². The van der Waals surface area contributed by atoms with Crippen LogP contribution in [0.5, 0.6) is 5.75 Å². The van der Waals surface area contributed by atoms with E-state index in [1.165, 1.54) is 12.4 Å². The van der Waals surface area contributed by atoms with Gasteiger partial charge in [0, 0.05) is 18.0 Å². The van der Waals surface area contributed by atoms with Crippen LogP contribution in [0.3, 0.4) is 0 Å². The average Bonchev–Trinajstić information content (AvgIpc) is 3.05. The minimum Gasteiger partial charge on any atom is -0.488 e. The summed E-state index contributed by atoms with van der Waals surface area (Å²) in [6.45, 7) is 1.84. The van der Waals surface area contributed by atoms with Gasteiger partial charge in [0.1, 0.15) is 11.9 Å². The van der Waals surface area contributed by atoms with Crippen molar-refractivity contribution in [2.24, 2.45) is 0 Å². The number of carbonyl (C=O) groups is 1. The molecule has 0 saturated carbocycles. The van der Waals surface area contributed by atoms with Gasteiger partial charge in [-0.25, -0.2) is 0 Å². The second-order valence-electron chi connectivity index (χ2n) is 6.85. The van der Waals surface area contributed by atoms with Crippen molar-refractivity contribution in [3.63, 3.8) is 0 Å². The van der Waals surface area contributed by atoms with Gasteiger partial charge in [0.2, 0.25) is 0 Å². The second kappa shape index (κ2) is 7.21. The minimum atomic E-state index is -0.328. The van der Waals surface area contributed by atoms with Gasteiger partial charge in [-0.3, -0.25) is 4.79 Å². The van der Waals surface area contributed by atoms with Crippen molar-refractivity contribution in [3.8, 4) is 5.75 Å². The maximum absolute atomic E-state index is 12.7. The molecular formula is C19H20ClN3O3. The van der Waals surface area contributed by atoms with Gasteiger partial charge in [-0.2, -0.15) is 10.2 Å². The van der Waals surface area contributed by atoms with Crippen LogP contribution in [0.25, 0.3) is 0 Å². The van der Waals surface area contributed by atoms with Gasteiger partial charge in [-0.05, 0) is 43.2 Å². The molecule has 7 heteroatoms. The maximum atomic E-state index is 12.7. The summed E-state index contributed by atoms with van der Waals surface area (Å²) < 4.78 is 12.2. The van der Waals surface area contributed by atoms with Crippen LogP contribution >= 0.6 is 11.6 Å². The van der Waals surface area contributed by atoms with E-state index in [0.717, 1.165) is 31.6 Å². The molecule has 2 atom stereocenters. The molecule has 1 aromatic carbocycles. The summed E-state index contributed by atoms with van der Waals surface area (Å²) in [5.74, 6) is 0.760. The van der Waals surface area contributed by atoms with Crippen molar-refractivity contribution in [1.82, 2.24) is 15.1 Å². The molecule has 3 heterocycles. The molecule has 1 spiro atoms. The molecule has 2 aliphatic heterocycles. The topological polar surface area (TPSA) is 64.6 Å². The second-order valence-corrected chi connectivity index (χ2v) is 7.29. The summed E-state index contributed by atoms with van der Waals surface area (Å²) in [5, 5.41) is 8.21. The summed E-state index contributed by atoms with van der Waals surface area (Å²) in [6, 6.07) is 9.04. The Labute approximate surface area is 157 Å². The number of halogens is 1. The Bertz CT molecular complexity index is 771. The third kappa shape index (κ3) is 3.66. The molecule has 0 N–H and O–H groups in total. The number of benzene rings is 1. The van der Waals surface area contributed by atoms with Crippen molar-refractivity contribution < 1.29 is 14.3 Å². The van der Waals surface area contributed by atoms with Gasteiger partial charge in [0.05, 0.1) is 36.7 Å². The molecule has 0 aliphatic carbocycles. The Morgan fingerprint density at radius 1 is 1.27 bits per heavy atom. The third-order valence-electron chi connectivity index (χ3n) is 4.95. The molecule has 6 nitrogen and oxygen atoms in total. The molecule has 2 aliphatic rings. The molecule has 2 saturated heterocycles. The number of amides is 1. The smallest absolute Gasteiger partial charge is 0.255 e. The van der Waals surface area contributed by atoms with Crippen LogP contribution in [0.4, 0.5) is 0 Å². The molecule has 136 valence electrons. The summed E-state index contributed by atoms with van der Waals surface area (Å²) in [4.78, 5) is 14.6. The highest BCUT2D eigenvalue weighted by Gasteiger charge is 2.45. The number of ether oxygens (including phenoxy) is 2. The third-order valence-corrected chi connectivity index (χ3v) is 5.20. The van der Waals surface area contributed by atoms with E-state index in [2.05, 4.69) is 10.2 Å². The van der Waals surface area contributed by atoms with Crippen molar-refractivity contribution in [2.75, 3.05) is 19.7 Å². The Morgan fingerprint density at radius 3 is 2.88 bits per heavy atom. The van der Waals surface area contributed by atoms with Gasteiger partial charge >= 0.3 is 0 Å². The lowest BCUT2D eigenvalue weighted by Crippen LogP contribution is -2.50. The lowest BCUT2D eigenvalue weighted by atomic mass is 9.89. The van der Waals surface area contributed by atoms with Gasteiger partial charge in [0.25, 0.3) is 5.91 Å². The Morgan fingerprint density at radius 2 is 2.12 bits per heavy atom. The van der Waals surface area contributed by atoms with E-state index in [1.54, 1.807) is 6.07 Å². The Kier molecular flexibility index (Phi) is 4.78. The number of piperidine rings is 1. The van der Waals surface area contributed by atoms with Gasteiger partial charge in [-0.1, -0.05) is 11.6 Å². The monoisotopic (exact) mass is 373 g/mol. The number of carbonyl (C=O) groups excluding carboxylic acids is 1. The normalized spacial score (nSPS) is 25.4. The molecule has 0 radical (unpaired) electrons. The number of rotatable bonds is 3. The van der Waals surface area contributed by atoms with Gasteiger partial charge in [-0.15, -0.1) is 0 Å². The van der Waals surface area contributed by atoms with Crippen LogP contribution in [0.2, 0.25) is 5.02 Å². The van der Waals surface area contributed by atoms with Crippen LogP contribution in [-0.2, 0) is 4.74 Å². The van der Waals surface area contributed by atoms with Crippen LogP contribution in [-0.4, -0.2) is 52.4 Å². The molecule has 1 amide bonds. The first kappa shape index (κ1) is 17.2. The van der Waals surface area contributed by atoms with Gasteiger partial charge in [0.15, 0.2) is 0 Å². The predicted molar refractivity (Wildman–Crippen MR) is 96.3 cm³/mol. The summed E-state index contributed by atoms with van der Waals surface area (Å²) in [7, 11) is 0. The molecule has 0 unspecified atom stereocenters. The first-order valence-corrected chi connectivity index (χ1v) is 9.14. The first-order chi connectivity index (χ1) is 12.6. The Hall–Kier alpha value is -2.18. The molecule has 4 rings (SSSR count). The number of aromatic nitrogens is 2. The molecule has 26 heavy (non-hydrogen) atoms. The standard InChI is InChI=1S/C19H20ClN3O3/c20-15-2-4-16(5-3-15)26-17-10-19(25-12-17)7-1-9-23(13-19)18(24)14-6-8-21-22-11-14/h2-6,8,11,17H,1,7,9-10,12-13H2/t17-,19-/m1/s1. The highest BCUT2D eigenvalue weighted by molar-refractivity contribution is 6.30. The molecule has 2 aromatic rings. The molecular weight excluding hydrogens is 354 g/mol. The maximum Gasteiger partial charge on any atom is 0.255 e. The van der Waals surface area contributed by atoms with Gasteiger partial charge < -0.3 is 14.4 Å². The molecule has 2 fully saturated rings. The number of likely N-dealkylation sites (tertiary alicyclic amines) is 1. The molecule has 0 bridgehead atoms. The fraction of sp³-hybridized carbons (Fsp3) is 0.421. The zero-order chi connectivity index (χ0) is 18.0. The quantitative estimate of drug-likeness (QED) is 0.827. The van der Waals surface area contributed by atoms with E-state index in [-0.39, 0.29) is 17.6 Å². The largest absolute Gasteiger partial charge is 0.488 e. The number of nitrogens with zero attached hydrogens (tertiary/aromatic N) is 3. The zero-order valence-corrected chi connectivity index (χ0v) is 15.1. The SMILES string of the molecule is O=C(c1ccnnc1)N1CCC[C@@]2(C[C@@H](Oc3ccc(Cl)cc3)CO2)C1. The predicted octanol–water partition coefficient (Wildman–Crippen LogP) is 2.97. The zero-order valence-electron chi connectivity index (χ0n) is 14.3. The van der Waals surface area contributed by atoms with E-state index < -0.39 is 0 Å². The van der Waals surface area contributed by atoms with E-state index in [4.69, 9.17) is 21.1 Å². The fourth-order valence-electron chi connectivity index (χ4n) is 3.74.